The lowest BCUT2D eigenvalue weighted by molar-refractivity contribution is -0.883. The number of nitrogens with zero attached hydrogens (tertiary/aromatic N) is 1. The third kappa shape index (κ3) is 10.6. The lowest BCUT2D eigenvalue weighted by Crippen LogP contribution is -2.45. The summed E-state index contributed by atoms with van der Waals surface area (Å²) in [6.45, 7) is -0.101. The third-order valence-corrected chi connectivity index (χ3v) is 4.73. The van der Waals surface area contributed by atoms with Crippen LogP contribution in [0.5, 0.6) is 0 Å². The maximum Gasteiger partial charge on any atom is 0.448 e. The van der Waals surface area contributed by atoms with Gasteiger partial charge in [0.15, 0.2) is 6.54 Å². The van der Waals surface area contributed by atoms with Crippen molar-refractivity contribution in [3.05, 3.63) is 0 Å². The Labute approximate surface area is 144 Å². The quantitative estimate of drug-likeness (QED) is 0.292. The summed E-state index contributed by atoms with van der Waals surface area (Å²) in [6, 6.07) is 0. The normalized spacial score (nSPS) is 15.8. The summed E-state index contributed by atoms with van der Waals surface area (Å²) in [5.74, 6) is -5.30. The highest BCUT2D eigenvalue weighted by Gasteiger charge is 2.53. The maximum absolute atomic E-state index is 13.1. The van der Waals surface area contributed by atoms with E-state index in [0.29, 0.717) is 13.0 Å². The van der Waals surface area contributed by atoms with Crippen molar-refractivity contribution in [2.75, 3.05) is 46.1 Å². The molecular formula is C13H25F4N2O5S+. The van der Waals surface area contributed by atoms with Crippen LogP contribution in [0.25, 0.3) is 0 Å². The molecule has 25 heavy (non-hydrogen) atoms. The van der Waals surface area contributed by atoms with Gasteiger partial charge in [0.1, 0.15) is 0 Å². The number of aliphatic carboxylic acids is 1. The number of carboxylic acids is 1. The maximum atomic E-state index is 13.1. The number of likely N-dealkylation sites (N-methyl/N-ethyl adjacent to an activating group) is 1. The van der Waals surface area contributed by atoms with Crippen LogP contribution < -0.4 is 4.72 Å². The van der Waals surface area contributed by atoms with Crippen LogP contribution in [-0.4, -0.2) is 82.1 Å². The molecule has 2 N–H and O–H groups in total. The molecule has 7 nitrogen and oxygen atoms in total. The Morgan fingerprint density at radius 2 is 1.76 bits per heavy atom. The number of quaternary nitrogens is 1. The van der Waals surface area contributed by atoms with E-state index >= 15 is 0 Å². The van der Waals surface area contributed by atoms with Crippen molar-refractivity contribution >= 4 is 16.0 Å². The van der Waals surface area contributed by atoms with E-state index < -0.39 is 40.4 Å². The van der Waals surface area contributed by atoms with E-state index in [1.807, 2.05) is 0 Å². The Kier molecular flexibility index (Phi) is 8.74. The smallest absolute Gasteiger partial charge is 0.448 e. The van der Waals surface area contributed by atoms with Gasteiger partial charge in [-0.2, -0.15) is 13.2 Å². The summed E-state index contributed by atoms with van der Waals surface area (Å²) in [7, 11) is -0.354. The van der Waals surface area contributed by atoms with Crippen molar-refractivity contribution in [3.63, 3.8) is 0 Å². The van der Waals surface area contributed by atoms with E-state index in [-0.39, 0.29) is 30.9 Å². The van der Waals surface area contributed by atoms with E-state index in [1.54, 1.807) is 14.1 Å². The minimum atomic E-state index is -5.19. The Morgan fingerprint density at radius 3 is 2.24 bits per heavy atom. The Morgan fingerprint density at radius 1 is 1.20 bits per heavy atom. The van der Waals surface area contributed by atoms with Crippen LogP contribution in [0.2, 0.25) is 0 Å². The van der Waals surface area contributed by atoms with Crippen molar-refractivity contribution in [2.24, 2.45) is 0 Å². The van der Waals surface area contributed by atoms with Crippen LogP contribution in [0.4, 0.5) is 17.6 Å². The molecule has 0 bridgehead atoms. The number of carboxylic acid groups (broad SMARTS) is 1. The van der Waals surface area contributed by atoms with E-state index in [9.17, 15) is 30.8 Å². The highest BCUT2D eigenvalue weighted by Crippen LogP contribution is 2.34. The number of carbonyl (C=O) groups is 1. The number of alkyl halides is 4. The number of rotatable bonds is 12. The average Bonchev–Trinajstić information content (AvgIpc) is 2.37. The van der Waals surface area contributed by atoms with Gasteiger partial charge in [0.25, 0.3) is 0 Å². The number of hydrogen-bond acceptors (Lipinski definition) is 4. The summed E-state index contributed by atoms with van der Waals surface area (Å²) in [5, 5.41) is 8.73. The molecule has 0 aromatic carbocycles. The van der Waals surface area contributed by atoms with Gasteiger partial charge in [-0.3, -0.25) is 0 Å². The van der Waals surface area contributed by atoms with Gasteiger partial charge in [0, 0.05) is 19.9 Å². The average molecular weight is 397 g/mol. The zero-order valence-electron chi connectivity index (χ0n) is 14.4. The first-order valence-electron chi connectivity index (χ1n) is 7.49. The minimum absolute atomic E-state index is 0.0634. The number of halogens is 4. The van der Waals surface area contributed by atoms with Crippen LogP contribution in [-0.2, 0) is 19.6 Å². The predicted molar refractivity (Wildman–Crippen MR) is 82.0 cm³/mol. The molecule has 0 aliphatic rings. The summed E-state index contributed by atoms with van der Waals surface area (Å²) in [6.07, 6.45) is -5.11. The second-order valence-electron chi connectivity index (χ2n) is 6.39. The molecule has 0 saturated carbocycles. The predicted octanol–water partition coefficient (Wildman–Crippen LogP) is 1.11. The lowest BCUT2D eigenvalue weighted by atomic mass is 10.3. The molecule has 1 unspecified atom stereocenters. The fraction of sp³-hybridized carbons (Fsp3) is 0.923. The third-order valence-electron chi connectivity index (χ3n) is 3.26. The summed E-state index contributed by atoms with van der Waals surface area (Å²) in [4.78, 5) is 10.7. The zero-order chi connectivity index (χ0) is 19.9. The van der Waals surface area contributed by atoms with Crippen LogP contribution in [0.1, 0.15) is 19.8 Å². The first kappa shape index (κ1) is 24.0. The molecule has 0 aromatic heterocycles. The van der Waals surface area contributed by atoms with Crippen LogP contribution in [0.15, 0.2) is 0 Å². The standard InChI is InChI=1S/C13H24F4N2O5S/c1-12(14,13(15,16)17)24-8-5-9-25(22,23)18-6-4-7-19(2,3)10-11(20)21/h18H,4-10H2,1-3H3/p+1. The Hall–Kier alpha value is -0.980. The molecule has 0 rings (SSSR count). The van der Waals surface area contributed by atoms with Gasteiger partial charge in [0.05, 0.1) is 33.0 Å². The molecule has 0 spiro atoms. The molecule has 0 aromatic rings. The van der Waals surface area contributed by atoms with Gasteiger partial charge >= 0.3 is 18.0 Å². The first-order valence-corrected chi connectivity index (χ1v) is 9.14. The van der Waals surface area contributed by atoms with Gasteiger partial charge in [-0.15, -0.1) is 0 Å². The van der Waals surface area contributed by atoms with Gasteiger partial charge in [0.2, 0.25) is 10.0 Å². The molecular weight excluding hydrogens is 372 g/mol. The molecule has 0 aliphatic heterocycles. The van der Waals surface area contributed by atoms with Gasteiger partial charge in [-0.25, -0.2) is 22.3 Å². The molecule has 0 heterocycles. The lowest BCUT2D eigenvalue weighted by Gasteiger charge is -2.27. The molecule has 0 amide bonds. The monoisotopic (exact) mass is 397 g/mol. The van der Waals surface area contributed by atoms with Gasteiger partial charge < -0.3 is 14.3 Å². The fourth-order valence-corrected chi connectivity index (χ4v) is 2.94. The number of sulfonamides is 1. The second-order valence-corrected chi connectivity index (χ2v) is 8.32. The highest BCUT2D eigenvalue weighted by molar-refractivity contribution is 7.89. The molecule has 150 valence electrons. The van der Waals surface area contributed by atoms with Crippen molar-refractivity contribution in [3.8, 4) is 0 Å². The summed E-state index contributed by atoms with van der Waals surface area (Å²) in [5.41, 5.74) is 0. The van der Waals surface area contributed by atoms with Crippen LogP contribution >= 0.6 is 0 Å². The van der Waals surface area contributed by atoms with Crippen molar-refractivity contribution < 1.29 is 45.1 Å². The molecule has 1 atom stereocenters. The number of hydrogen-bond donors (Lipinski definition) is 2. The summed E-state index contributed by atoms with van der Waals surface area (Å²) < 4.78 is 79.6. The van der Waals surface area contributed by atoms with Gasteiger partial charge in [-0.05, 0) is 6.42 Å². The second kappa shape index (κ2) is 9.10. The molecule has 12 heteroatoms. The van der Waals surface area contributed by atoms with Crippen LogP contribution in [0.3, 0.4) is 0 Å². The fourth-order valence-electron chi connectivity index (χ4n) is 1.85. The van der Waals surface area contributed by atoms with Crippen LogP contribution in [0, 0.1) is 0 Å². The van der Waals surface area contributed by atoms with Crippen molar-refractivity contribution in [1.82, 2.24) is 4.72 Å². The van der Waals surface area contributed by atoms with E-state index in [0.717, 1.165) is 0 Å². The molecule has 0 saturated heterocycles. The van der Waals surface area contributed by atoms with E-state index in [2.05, 4.69) is 9.46 Å². The SMILES string of the molecule is CC(F)(OCCCS(=O)(=O)NCCC[N+](C)(C)CC(=O)O)C(F)(F)F. The van der Waals surface area contributed by atoms with Crippen molar-refractivity contribution in [1.29, 1.82) is 0 Å². The molecule has 0 fully saturated rings. The minimum Gasteiger partial charge on any atom is -0.477 e. The Balaban J connectivity index is 4.09. The van der Waals surface area contributed by atoms with E-state index in [4.69, 9.17) is 5.11 Å². The zero-order valence-corrected chi connectivity index (χ0v) is 15.2. The summed E-state index contributed by atoms with van der Waals surface area (Å²) >= 11 is 0. The number of ether oxygens (including phenoxy) is 1. The highest BCUT2D eigenvalue weighted by atomic mass is 32.2. The molecule has 0 aliphatic carbocycles. The largest absolute Gasteiger partial charge is 0.477 e. The number of nitrogens with one attached hydrogen (secondary N) is 1. The van der Waals surface area contributed by atoms with Crippen molar-refractivity contribution in [2.45, 2.75) is 31.8 Å². The topological polar surface area (TPSA) is 92.7 Å². The van der Waals surface area contributed by atoms with Gasteiger partial charge in [-0.1, -0.05) is 0 Å². The Bertz CT molecular complexity index is 535. The molecule has 0 radical (unpaired) electrons. The van der Waals surface area contributed by atoms with E-state index in [1.165, 1.54) is 0 Å². The first-order chi connectivity index (χ1) is 11.1.